The molecule has 1 saturated heterocycles. The normalized spacial score (nSPS) is 17.7. The molecule has 2 N–H and O–H groups in total. The van der Waals surface area contributed by atoms with Crippen molar-refractivity contribution in [2.75, 3.05) is 4.90 Å². The van der Waals surface area contributed by atoms with Gasteiger partial charge in [-0.05, 0) is 85.4 Å². The first kappa shape index (κ1) is 20.9. The van der Waals surface area contributed by atoms with Gasteiger partial charge in [0.15, 0.2) is 5.11 Å². The quantitative estimate of drug-likeness (QED) is 0.411. The molecule has 3 heterocycles. The van der Waals surface area contributed by atoms with Gasteiger partial charge in [-0.1, -0.05) is 18.2 Å². The Kier molecular flexibility index (Phi) is 5.40. The number of thiocarbonyl (C=S) groups is 1. The first-order valence-electron chi connectivity index (χ1n) is 10.6. The lowest BCUT2D eigenvalue weighted by Gasteiger charge is -2.29. The monoisotopic (exact) mass is 454 g/mol. The highest BCUT2D eigenvalue weighted by molar-refractivity contribution is 7.80. The average Bonchev–Trinajstić information content (AvgIpc) is 3.44. The number of rotatable bonds is 5. The molecule has 2 aromatic carbocycles. The fourth-order valence-corrected chi connectivity index (χ4v) is 4.69. The molecule has 5 rings (SSSR count). The molecule has 6 nitrogen and oxygen atoms in total. The predicted molar refractivity (Wildman–Crippen MR) is 132 cm³/mol. The van der Waals surface area contributed by atoms with Crippen LogP contribution in [-0.2, 0) is 0 Å². The number of nitrogens with one attached hydrogen (secondary N) is 1. The van der Waals surface area contributed by atoms with Crippen LogP contribution < -0.4 is 10.2 Å². The largest absolute Gasteiger partial charge is 0.478 e. The van der Waals surface area contributed by atoms with Crippen molar-refractivity contribution >= 4 is 29.0 Å². The number of anilines is 1. The van der Waals surface area contributed by atoms with E-state index in [1.807, 2.05) is 48.7 Å². The van der Waals surface area contributed by atoms with Crippen LogP contribution >= 0.6 is 12.2 Å². The van der Waals surface area contributed by atoms with Crippen LogP contribution in [0, 0.1) is 6.92 Å². The molecule has 4 aromatic rings. The Morgan fingerprint density at radius 1 is 1.00 bits per heavy atom. The molecule has 0 radical (unpaired) electrons. The number of aryl methyl sites for hydroxylation is 1. The third kappa shape index (κ3) is 3.87. The number of carbonyl (C=O) groups is 1. The minimum Gasteiger partial charge on any atom is -0.478 e. The molecular formula is C26H22N4O2S. The Hall–Kier alpha value is -3.97. The van der Waals surface area contributed by atoms with Crippen LogP contribution in [0.1, 0.15) is 39.4 Å². The molecule has 0 unspecified atom stereocenters. The first-order valence-corrected chi connectivity index (χ1v) is 11.0. The van der Waals surface area contributed by atoms with Crippen molar-refractivity contribution in [2.45, 2.75) is 19.0 Å². The molecule has 33 heavy (non-hydrogen) atoms. The number of nitrogens with zero attached hydrogens (tertiary/aromatic N) is 3. The summed E-state index contributed by atoms with van der Waals surface area (Å²) in [7, 11) is 0. The zero-order chi connectivity index (χ0) is 22.9. The molecule has 0 spiro atoms. The lowest BCUT2D eigenvalue weighted by atomic mass is 10.0. The molecule has 0 bridgehead atoms. The Morgan fingerprint density at radius 3 is 2.52 bits per heavy atom. The zero-order valence-electron chi connectivity index (χ0n) is 17.9. The summed E-state index contributed by atoms with van der Waals surface area (Å²) < 4.78 is 2.07. The van der Waals surface area contributed by atoms with Crippen LogP contribution in [0.5, 0.6) is 0 Å². The molecular weight excluding hydrogens is 432 g/mol. The van der Waals surface area contributed by atoms with Crippen molar-refractivity contribution in [3.8, 4) is 5.69 Å². The van der Waals surface area contributed by atoms with Crippen molar-refractivity contribution in [3.63, 3.8) is 0 Å². The van der Waals surface area contributed by atoms with Gasteiger partial charge < -0.3 is 19.9 Å². The SMILES string of the molecule is Cc1cccc(N2C(=S)N[C@@H](c3ccccn3)[C@@H]2c2cccn2-c2ccc(C(=O)O)cc2)c1. The van der Waals surface area contributed by atoms with Gasteiger partial charge >= 0.3 is 5.97 Å². The molecule has 0 amide bonds. The summed E-state index contributed by atoms with van der Waals surface area (Å²) >= 11 is 5.81. The lowest BCUT2D eigenvalue weighted by Crippen LogP contribution is -2.30. The highest BCUT2D eigenvalue weighted by atomic mass is 32.1. The third-order valence-corrected chi connectivity index (χ3v) is 6.17. The van der Waals surface area contributed by atoms with Gasteiger partial charge in [0.1, 0.15) is 6.04 Å². The molecule has 2 atom stereocenters. The Balaban J connectivity index is 1.64. The average molecular weight is 455 g/mol. The summed E-state index contributed by atoms with van der Waals surface area (Å²) in [6.07, 6.45) is 3.77. The van der Waals surface area contributed by atoms with Gasteiger partial charge in [0.05, 0.1) is 17.3 Å². The van der Waals surface area contributed by atoms with Crippen molar-refractivity contribution in [2.24, 2.45) is 0 Å². The first-order chi connectivity index (χ1) is 16.0. The van der Waals surface area contributed by atoms with Crippen molar-refractivity contribution in [1.82, 2.24) is 14.9 Å². The van der Waals surface area contributed by atoms with Crippen LogP contribution in [0.3, 0.4) is 0 Å². The number of aromatic carboxylic acids is 1. The van der Waals surface area contributed by atoms with E-state index in [0.29, 0.717) is 5.11 Å². The van der Waals surface area contributed by atoms with Crippen LogP contribution in [0.15, 0.2) is 91.3 Å². The number of carboxylic acids is 1. The topological polar surface area (TPSA) is 70.4 Å². The highest BCUT2D eigenvalue weighted by Crippen LogP contribution is 2.42. The smallest absolute Gasteiger partial charge is 0.335 e. The second-order valence-electron chi connectivity index (χ2n) is 7.99. The number of carboxylic acid groups (broad SMARTS) is 1. The van der Waals surface area contributed by atoms with Crippen LogP contribution in [0.25, 0.3) is 5.69 Å². The van der Waals surface area contributed by atoms with E-state index in [-0.39, 0.29) is 17.6 Å². The van der Waals surface area contributed by atoms with E-state index in [2.05, 4.69) is 51.0 Å². The molecule has 1 aliphatic heterocycles. The van der Waals surface area contributed by atoms with E-state index in [1.54, 1.807) is 18.3 Å². The van der Waals surface area contributed by atoms with Crippen molar-refractivity contribution in [3.05, 3.63) is 114 Å². The molecule has 1 aliphatic rings. The summed E-state index contributed by atoms with van der Waals surface area (Å²) in [6.45, 7) is 2.06. The number of pyridine rings is 1. The highest BCUT2D eigenvalue weighted by Gasteiger charge is 2.42. The van der Waals surface area contributed by atoms with Gasteiger partial charge in [0.2, 0.25) is 0 Å². The minimum absolute atomic E-state index is 0.161. The van der Waals surface area contributed by atoms with Gasteiger partial charge in [-0.2, -0.15) is 0 Å². The Morgan fingerprint density at radius 2 is 1.82 bits per heavy atom. The fourth-order valence-electron chi connectivity index (χ4n) is 4.35. The van der Waals surface area contributed by atoms with Gasteiger partial charge in [-0.3, -0.25) is 4.98 Å². The fraction of sp³-hybridized carbons (Fsp3) is 0.115. The van der Waals surface area contributed by atoms with Crippen LogP contribution in [0.4, 0.5) is 5.69 Å². The second kappa shape index (κ2) is 8.52. The number of hydrogen-bond acceptors (Lipinski definition) is 3. The lowest BCUT2D eigenvalue weighted by molar-refractivity contribution is 0.0697. The number of hydrogen-bond donors (Lipinski definition) is 2. The molecule has 1 fully saturated rings. The summed E-state index contributed by atoms with van der Waals surface area (Å²) in [5.74, 6) is -0.944. The number of aromatic nitrogens is 2. The molecule has 2 aromatic heterocycles. The van der Waals surface area contributed by atoms with Crippen molar-refractivity contribution < 1.29 is 9.90 Å². The Labute approximate surface area is 197 Å². The molecule has 0 aliphatic carbocycles. The summed E-state index contributed by atoms with van der Waals surface area (Å²) in [5, 5.41) is 13.4. The Bertz CT molecular complexity index is 1320. The van der Waals surface area contributed by atoms with Gasteiger partial charge in [0.25, 0.3) is 0 Å². The van der Waals surface area contributed by atoms with Gasteiger partial charge in [0, 0.05) is 29.5 Å². The van der Waals surface area contributed by atoms with Gasteiger partial charge in [-0.25, -0.2) is 4.79 Å². The van der Waals surface area contributed by atoms with E-state index in [9.17, 15) is 9.90 Å². The molecule has 7 heteroatoms. The number of benzene rings is 2. The second-order valence-corrected chi connectivity index (χ2v) is 8.38. The van der Waals surface area contributed by atoms with E-state index in [1.165, 1.54) is 0 Å². The minimum atomic E-state index is -0.944. The van der Waals surface area contributed by atoms with Crippen LogP contribution in [0.2, 0.25) is 0 Å². The van der Waals surface area contributed by atoms with Crippen molar-refractivity contribution in [1.29, 1.82) is 0 Å². The van der Waals surface area contributed by atoms with E-state index in [4.69, 9.17) is 12.2 Å². The van der Waals surface area contributed by atoms with Gasteiger partial charge in [-0.15, -0.1) is 0 Å². The van der Waals surface area contributed by atoms with E-state index in [0.717, 1.165) is 28.3 Å². The third-order valence-electron chi connectivity index (χ3n) is 5.85. The summed E-state index contributed by atoms with van der Waals surface area (Å²) in [5.41, 5.74) is 5.20. The molecule has 0 saturated carbocycles. The zero-order valence-corrected chi connectivity index (χ0v) is 18.7. The predicted octanol–water partition coefficient (Wildman–Crippen LogP) is 5.06. The van der Waals surface area contributed by atoms with E-state index < -0.39 is 5.97 Å². The standard InChI is InChI=1S/C26H22N4O2S/c1-17-6-4-7-20(16-17)30-24(23(28-26(30)33)21-8-2-3-14-27-21)22-9-5-15-29(22)19-12-10-18(11-13-19)25(31)32/h2-16,23-24H,1H3,(H,28,33)(H,31,32)/t23-,24-/m0/s1. The summed E-state index contributed by atoms with van der Waals surface area (Å²) in [6, 6.07) is 24.8. The maximum absolute atomic E-state index is 11.3. The van der Waals surface area contributed by atoms with Crippen LogP contribution in [-0.4, -0.2) is 25.7 Å². The maximum atomic E-state index is 11.3. The summed E-state index contributed by atoms with van der Waals surface area (Å²) in [4.78, 5) is 18.0. The van der Waals surface area contributed by atoms with E-state index >= 15 is 0 Å². The maximum Gasteiger partial charge on any atom is 0.335 e. The molecule has 164 valence electrons.